The van der Waals surface area contributed by atoms with Gasteiger partial charge in [0, 0.05) is 39.3 Å². The SMILES string of the molecule is CN=C(NCC1CCOC1)NCC1CCCCO1. The molecule has 0 aliphatic carbocycles. The predicted molar refractivity (Wildman–Crippen MR) is 71.9 cm³/mol. The van der Waals surface area contributed by atoms with E-state index in [4.69, 9.17) is 9.47 Å². The first kappa shape index (κ1) is 13.6. The monoisotopic (exact) mass is 255 g/mol. The molecule has 2 fully saturated rings. The van der Waals surface area contributed by atoms with E-state index >= 15 is 0 Å². The number of nitrogens with one attached hydrogen (secondary N) is 2. The standard InChI is InChI=1S/C13H25N3O2/c1-14-13(15-8-11-5-7-17-10-11)16-9-12-4-2-3-6-18-12/h11-12H,2-10H2,1H3,(H2,14,15,16). The lowest BCUT2D eigenvalue weighted by molar-refractivity contribution is 0.0194. The fraction of sp³-hybridized carbons (Fsp3) is 0.923. The van der Waals surface area contributed by atoms with Crippen LogP contribution >= 0.6 is 0 Å². The third-order valence-electron chi connectivity index (χ3n) is 3.58. The van der Waals surface area contributed by atoms with Crippen molar-refractivity contribution in [3.05, 3.63) is 0 Å². The van der Waals surface area contributed by atoms with Crippen LogP contribution in [0.4, 0.5) is 0 Å². The second kappa shape index (κ2) is 7.59. The van der Waals surface area contributed by atoms with Crippen LogP contribution in [0, 0.1) is 5.92 Å². The van der Waals surface area contributed by atoms with E-state index in [1.54, 1.807) is 0 Å². The van der Waals surface area contributed by atoms with Crippen LogP contribution in [0.25, 0.3) is 0 Å². The molecule has 0 amide bonds. The summed E-state index contributed by atoms with van der Waals surface area (Å²) in [7, 11) is 1.81. The summed E-state index contributed by atoms with van der Waals surface area (Å²) in [5.41, 5.74) is 0. The zero-order valence-electron chi connectivity index (χ0n) is 11.3. The molecule has 0 aromatic carbocycles. The Labute approximate surface area is 109 Å². The number of rotatable bonds is 4. The van der Waals surface area contributed by atoms with Gasteiger partial charge in [0.25, 0.3) is 0 Å². The Morgan fingerprint density at radius 1 is 1.17 bits per heavy atom. The molecule has 0 bridgehead atoms. The van der Waals surface area contributed by atoms with Gasteiger partial charge in [0.2, 0.25) is 0 Å². The van der Waals surface area contributed by atoms with E-state index in [1.807, 2.05) is 7.05 Å². The summed E-state index contributed by atoms with van der Waals surface area (Å²) in [4.78, 5) is 4.23. The summed E-state index contributed by atoms with van der Waals surface area (Å²) in [5.74, 6) is 1.49. The zero-order valence-corrected chi connectivity index (χ0v) is 11.3. The Hall–Kier alpha value is -0.810. The summed E-state index contributed by atoms with van der Waals surface area (Å²) >= 11 is 0. The molecule has 0 aromatic heterocycles. The van der Waals surface area contributed by atoms with E-state index in [1.165, 1.54) is 12.8 Å². The quantitative estimate of drug-likeness (QED) is 0.575. The minimum atomic E-state index is 0.340. The fourth-order valence-electron chi connectivity index (χ4n) is 2.38. The van der Waals surface area contributed by atoms with E-state index in [0.717, 1.165) is 51.7 Å². The summed E-state index contributed by atoms with van der Waals surface area (Å²) < 4.78 is 11.0. The molecule has 2 saturated heterocycles. The Morgan fingerprint density at radius 3 is 2.72 bits per heavy atom. The average Bonchev–Trinajstić information content (AvgIpc) is 2.93. The number of ether oxygens (including phenoxy) is 2. The van der Waals surface area contributed by atoms with Gasteiger partial charge in [-0.05, 0) is 25.7 Å². The third kappa shape index (κ3) is 4.46. The summed E-state index contributed by atoms with van der Waals surface area (Å²) in [6.07, 6.45) is 5.12. The van der Waals surface area contributed by atoms with Crippen LogP contribution in [-0.4, -0.2) is 52.0 Å². The number of aliphatic imine (C=N–C) groups is 1. The second-order valence-corrected chi connectivity index (χ2v) is 5.05. The Bertz CT molecular complexity index is 259. The van der Waals surface area contributed by atoms with Crippen molar-refractivity contribution >= 4 is 5.96 Å². The minimum Gasteiger partial charge on any atom is -0.381 e. The summed E-state index contributed by atoms with van der Waals surface area (Å²) in [6.45, 7) is 4.45. The number of nitrogens with zero attached hydrogens (tertiary/aromatic N) is 1. The normalized spacial score (nSPS) is 29.3. The largest absolute Gasteiger partial charge is 0.381 e. The van der Waals surface area contributed by atoms with Gasteiger partial charge >= 0.3 is 0 Å². The van der Waals surface area contributed by atoms with Crippen LogP contribution in [0.3, 0.4) is 0 Å². The molecule has 0 saturated carbocycles. The highest BCUT2D eigenvalue weighted by molar-refractivity contribution is 5.79. The van der Waals surface area contributed by atoms with Crippen LogP contribution in [0.1, 0.15) is 25.7 Å². The average molecular weight is 255 g/mol. The van der Waals surface area contributed by atoms with Gasteiger partial charge in [-0.25, -0.2) is 0 Å². The zero-order chi connectivity index (χ0) is 12.6. The molecule has 2 rings (SSSR count). The maximum atomic E-state index is 5.69. The molecule has 2 heterocycles. The van der Waals surface area contributed by atoms with E-state index < -0.39 is 0 Å². The summed E-state index contributed by atoms with van der Waals surface area (Å²) in [5, 5.41) is 6.69. The van der Waals surface area contributed by atoms with E-state index in [2.05, 4.69) is 15.6 Å². The first-order chi connectivity index (χ1) is 8.88. The maximum absolute atomic E-state index is 5.69. The molecule has 0 spiro atoms. The summed E-state index contributed by atoms with van der Waals surface area (Å²) in [6, 6.07) is 0. The molecule has 2 aliphatic heterocycles. The number of hydrogen-bond donors (Lipinski definition) is 2. The number of guanidine groups is 1. The Balaban J connectivity index is 1.62. The Morgan fingerprint density at radius 2 is 2.06 bits per heavy atom. The lowest BCUT2D eigenvalue weighted by atomic mass is 10.1. The van der Waals surface area contributed by atoms with E-state index in [0.29, 0.717) is 12.0 Å². The second-order valence-electron chi connectivity index (χ2n) is 5.05. The minimum absolute atomic E-state index is 0.340. The highest BCUT2D eigenvalue weighted by atomic mass is 16.5. The predicted octanol–water partition coefficient (Wildman–Crippen LogP) is 0.757. The highest BCUT2D eigenvalue weighted by Gasteiger charge is 2.17. The van der Waals surface area contributed by atoms with Gasteiger partial charge in [0.1, 0.15) is 0 Å². The fourth-order valence-corrected chi connectivity index (χ4v) is 2.38. The molecule has 2 aliphatic rings. The van der Waals surface area contributed by atoms with Crippen molar-refractivity contribution in [3.8, 4) is 0 Å². The molecule has 0 aromatic rings. The Kier molecular flexibility index (Phi) is 5.74. The van der Waals surface area contributed by atoms with Crippen molar-refractivity contribution in [3.63, 3.8) is 0 Å². The van der Waals surface area contributed by atoms with Gasteiger partial charge in [0.05, 0.1) is 12.7 Å². The molecule has 2 N–H and O–H groups in total. The van der Waals surface area contributed by atoms with Crippen molar-refractivity contribution in [2.45, 2.75) is 31.8 Å². The highest BCUT2D eigenvalue weighted by Crippen LogP contribution is 2.12. The van der Waals surface area contributed by atoms with Crippen molar-refractivity contribution in [1.29, 1.82) is 0 Å². The van der Waals surface area contributed by atoms with Crippen LogP contribution in [0.5, 0.6) is 0 Å². The van der Waals surface area contributed by atoms with Gasteiger partial charge in [0.15, 0.2) is 5.96 Å². The smallest absolute Gasteiger partial charge is 0.191 e. The van der Waals surface area contributed by atoms with Crippen molar-refractivity contribution < 1.29 is 9.47 Å². The van der Waals surface area contributed by atoms with Crippen LogP contribution in [0.2, 0.25) is 0 Å². The van der Waals surface area contributed by atoms with Crippen LogP contribution in [-0.2, 0) is 9.47 Å². The topological polar surface area (TPSA) is 54.9 Å². The molecule has 2 unspecified atom stereocenters. The molecular weight excluding hydrogens is 230 g/mol. The van der Waals surface area contributed by atoms with Crippen LogP contribution in [0.15, 0.2) is 4.99 Å². The molecule has 2 atom stereocenters. The lowest BCUT2D eigenvalue weighted by Crippen LogP contribution is -2.44. The van der Waals surface area contributed by atoms with Crippen molar-refractivity contribution in [2.75, 3.05) is 40.0 Å². The molecule has 104 valence electrons. The maximum Gasteiger partial charge on any atom is 0.191 e. The van der Waals surface area contributed by atoms with Gasteiger partial charge in [-0.3, -0.25) is 4.99 Å². The molecule has 5 heteroatoms. The molecule has 0 radical (unpaired) electrons. The first-order valence-corrected chi connectivity index (χ1v) is 7.02. The molecular formula is C13H25N3O2. The van der Waals surface area contributed by atoms with Gasteiger partial charge in [-0.1, -0.05) is 0 Å². The molecule has 18 heavy (non-hydrogen) atoms. The van der Waals surface area contributed by atoms with E-state index in [-0.39, 0.29) is 0 Å². The van der Waals surface area contributed by atoms with Crippen LogP contribution < -0.4 is 10.6 Å². The molecule has 5 nitrogen and oxygen atoms in total. The van der Waals surface area contributed by atoms with Crippen molar-refractivity contribution in [1.82, 2.24) is 10.6 Å². The van der Waals surface area contributed by atoms with Gasteiger partial charge < -0.3 is 20.1 Å². The van der Waals surface area contributed by atoms with Gasteiger partial charge in [-0.15, -0.1) is 0 Å². The lowest BCUT2D eigenvalue weighted by Gasteiger charge is -2.24. The number of hydrogen-bond acceptors (Lipinski definition) is 3. The third-order valence-corrected chi connectivity index (χ3v) is 3.58. The van der Waals surface area contributed by atoms with E-state index in [9.17, 15) is 0 Å². The van der Waals surface area contributed by atoms with Crippen molar-refractivity contribution in [2.24, 2.45) is 10.9 Å². The first-order valence-electron chi connectivity index (χ1n) is 7.02. The van der Waals surface area contributed by atoms with Gasteiger partial charge in [-0.2, -0.15) is 0 Å².